The van der Waals surface area contributed by atoms with E-state index in [0.717, 1.165) is 0 Å². The molecule has 0 amide bonds. The number of rotatable bonds is 4. The first-order chi connectivity index (χ1) is 5.00. The Balaban J connectivity index is -0.000000500. The fourth-order valence-corrected chi connectivity index (χ4v) is 0.601. The van der Waals surface area contributed by atoms with E-state index in [1.165, 1.54) is 6.92 Å². The summed E-state index contributed by atoms with van der Waals surface area (Å²) in [5, 5.41) is 19.9. The minimum atomic E-state index is -1.99. The monoisotopic (exact) mass is 204 g/mol. The molecule has 0 saturated heterocycles. The quantitative estimate of drug-likeness (QED) is 0.257. The van der Waals surface area contributed by atoms with Gasteiger partial charge in [0.05, 0.1) is 11.9 Å². The smallest absolute Gasteiger partial charge is 0.549 e. The second-order valence-corrected chi connectivity index (χ2v) is 1.93. The van der Waals surface area contributed by atoms with Crippen molar-refractivity contribution in [1.29, 1.82) is 0 Å². The number of carbonyl (C=O) groups excluding carboxylic acids is 3. The van der Waals surface area contributed by atoms with E-state index in [1.54, 1.807) is 0 Å². The number of carbonyl (C=O) groups is 3. The van der Waals surface area contributed by atoms with Gasteiger partial charge in [-0.25, -0.2) is 0 Å². The normalized spacial score (nSPS) is 10.2. The van der Waals surface area contributed by atoms with Crippen molar-refractivity contribution < 1.29 is 83.7 Å². The van der Waals surface area contributed by atoms with Crippen LogP contribution in [0.1, 0.15) is 13.3 Å². The van der Waals surface area contributed by atoms with Crippen molar-refractivity contribution in [3.05, 3.63) is 0 Å². The van der Waals surface area contributed by atoms with Crippen LogP contribution < -0.4 is 69.3 Å². The molecule has 0 aromatic rings. The van der Waals surface area contributed by atoms with Crippen LogP contribution in [0.5, 0.6) is 0 Å². The van der Waals surface area contributed by atoms with Crippen molar-refractivity contribution in [3.63, 3.8) is 0 Å². The van der Waals surface area contributed by atoms with Gasteiger partial charge in [-0.3, -0.25) is 4.79 Å². The molecule has 0 saturated carbocycles. The molecule has 0 spiro atoms. The number of Topliss-reactive ketones (excluding diaryl/α,β-unsaturated/α-hetero) is 1. The Morgan fingerprint density at radius 3 is 1.62 bits per heavy atom. The van der Waals surface area contributed by atoms with Crippen molar-refractivity contribution in [2.75, 3.05) is 0 Å². The Morgan fingerprint density at radius 1 is 1.15 bits per heavy atom. The minimum absolute atomic E-state index is 0. The Morgan fingerprint density at radius 2 is 1.54 bits per heavy atom. The van der Waals surface area contributed by atoms with E-state index in [1.807, 2.05) is 0 Å². The van der Waals surface area contributed by atoms with Crippen molar-refractivity contribution in [1.82, 2.24) is 0 Å². The van der Waals surface area contributed by atoms with Crippen LogP contribution in [-0.4, -0.2) is 17.7 Å². The summed E-state index contributed by atoms with van der Waals surface area (Å²) in [6.07, 6.45) is -0.102. The average molecular weight is 204 g/mol. The van der Waals surface area contributed by atoms with Gasteiger partial charge in [0.15, 0.2) is 5.78 Å². The number of carboxylic acids is 2. The number of aliphatic carboxylic acids is 2. The van der Waals surface area contributed by atoms with Gasteiger partial charge in [-0.05, 0) is 6.42 Å². The number of hydrogen-bond donors (Lipinski definition) is 0. The molecule has 0 N–H and O–H groups in total. The Hall–Kier alpha value is 0.610. The second-order valence-electron chi connectivity index (χ2n) is 1.93. The fraction of sp³-hybridized carbons (Fsp3) is 0.500. The van der Waals surface area contributed by atoms with E-state index in [4.69, 9.17) is 0 Å². The zero-order chi connectivity index (χ0) is 9.02. The van der Waals surface area contributed by atoms with E-state index in [0.29, 0.717) is 0 Å². The molecule has 0 fully saturated rings. The third kappa shape index (κ3) is 6.65. The number of carboxylic acid groups (broad SMARTS) is 2. The van der Waals surface area contributed by atoms with Crippen LogP contribution in [0.15, 0.2) is 0 Å². The van der Waals surface area contributed by atoms with Crippen LogP contribution >= 0.6 is 0 Å². The summed E-state index contributed by atoms with van der Waals surface area (Å²) in [7, 11) is 0. The Bertz CT molecular complexity index is 203. The summed E-state index contributed by atoms with van der Waals surface area (Å²) in [6, 6.07) is 0. The van der Waals surface area contributed by atoms with Crippen LogP contribution in [0.4, 0.5) is 0 Å². The first kappa shape index (κ1) is 19.2. The molecule has 1 atom stereocenters. The minimum Gasteiger partial charge on any atom is -0.549 e. The van der Waals surface area contributed by atoms with Gasteiger partial charge < -0.3 is 19.8 Å². The number of hydrogen-bond acceptors (Lipinski definition) is 5. The standard InChI is InChI=1S/C6H8O5.2Na/c1-2-3(5(8)9)4(7)6(10)11;;/h3H,2H2,1H3,(H,8,9)(H,10,11);;/q;2*+1/p-2. The maximum absolute atomic E-state index is 10.4. The molecule has 62 valence electrons. The van der Waals surface area contributed by atoms with Gasteiger partial charge >= 0.3 is 59.1 Å². The Labute approximate surface area is 119 Å². The molecule has 1 unspecified atom stereocenters. The largest absolute Gasteiger partial charge is 1.00 e. The molecular formula is C6H6Na2O5. The van der Waals surface area contributed by atoms with Gasteiger partial charge in [0.1, 0.15) is 5.97 Å². The molecule has 0 bridgehead atoms. The molecule has 0 aromatic heterocycles. The average Bonchev–Trinajstić information content (AvgIpc) is 1.88. The van der Waals surface area contributed by atoms with Crippen LogP contribution in [-0.2, 0) is 14.4 Å². The summed E-state index contributed by atoms with van der Waals surface area (Å²) in [4.78, 5) is 30.3. The predicted octanol–water partition coefficient (Wildman–Crippen LogP) is -8.91. The summed E-state index contributed by atoms with van der Waals surface area (Å²) in [5.41, 5.74) is 0. The van der Waals surface area contributed by atoms with E-state index in [2.05, 4.69) is 0 Å². The van der Waals surface area contributed by atoms with E-state index < -0.39 is 23.6 Å². The van der Waals surface area contributed by atoms with Crippen LogP contribution in [0.2, 0.25) is 0 Å². The first-order valence-electron chi connectivity index (χ1n) is 2.96. The van der Waals surface area contributed by atoms with Gasteiger partial charge in [-0.1, -0.05) is 6.92 Å². The molecule has 7 heteroatoms. The molecule has 0 aliphatic rings. The molecule has 0 heterocycles. The molecule has 0 radical (unpaired) electrons. The van der Waals surface area contributed by atoms with E-state index in [9.17, 15) is 24.6 Å². The van der Waals surface area contributed by atoms with Gasteiger partial charge in [0, 0.05) is 0 Å². The first-order valence-corrected chi connectivity index (χ1v) is 2.96. The molecule has 0 aliphatic carbocycles. The molecular weight excluding hydrogens is 198 g/mol. The van der Waals surface area contributed by atoms with Crippen molar-refractivity contribution in [2.24, 2.45) is 5.92 Å². The molecule has 5 nitrogen and oxygen atoms in total. The predicted molar refractivity (Wildman–Crippen MR) is 28.8 cm³/mol. The zero-order valence-corrected chi connectivity index (χ0v) is 11.8. The maximum Gasteiger partial charge on any atom is 1.00 e. The third-order valence-electron chi connectivity index (χ3n) is 1.21. The van der Waals surface area contributed by atoms with Gasteiger partial charge in [0.25, 0.3) is 0 Å². The van der Waals surface area contributed by atoms with Gasteiger partial charge in [-0.2, -0.15) is 0 Å². The van der Waals surface area contributed by atoms with Crippen LogP contribution in [0.25, 0.3) is 0 Å². The van der Waals surface area contributed by atoms with Crippen molar-refractivity contribution in [3.8, 4) is 0 Å². The van der Waals surface area contributed by atoms with Crippen LogP contribution in [0.3, 0.4) is 0 Å². The van der Waals surface area contributed by atoms with Gasteiger partial charge in [0.2, 0.25) is 0 Å². The van der Waals surface area contributed by atoms with Crippen molar-refractivity contribution >= 4 is 17.7 Å². The second kappa shape index (κ2) is 9.18. The zero-order valence-electron chi connectivity index (χ0n) is 7.83. The topological polar surface area (TPSA) is 97.3 Å². The SMILES string of the molecule is CCC(C(=O)[O-])C(=O)C(=O)[O-].[Na+].[Na+]. The summed E-state index contributed by atoms with van der Waals surface area (Å²) in [5.74, 6) is -6.68. The third-order valence-corrected chi connectivity index (χ3v) is 1.21. The molecule has 0 aliphatic heterocycles. The maximum atomic E-state index is 10.4. The van der Waals surface area contributed by atoms with Gasteiger partial charge in [-0.15, -0.1) is 0 Å². The van der Waals surface area contributed by atoms with Crippen molar-refractivity contribution in [2.45, 2.75) is 13.3 Å². The fourth-order valence-electron chi connectivity index (χ4n) is 0.601. The Kier molecular flexibility index (Phi) is 13.6. The summed E-state index contributed by atoms with van der Waals surface area (Å²) >= 11 is 0. The summed E-state index contributed by atoms with van der Waals surface area (Å²) < 4.78 is 0. The molecule has 13 heavy (non-hydrogen) atoms. The molecule has 0 rings (SSSR count). The number of ketones is 1. The van der Waals surface area contributed by atoms with E-state index >= 15 is 0 Å². The molecule has 0 aromatic carbocycles. The van der Waals surface area contributed by atoms with E-state index in [-0.39, 0.29) is 65.5 Å². The summed E-state index contributed by atoms with van der Waals surface area (Å²) in [6.45, 7) is 1.38. The van der Waals surface area contributed by atoms with Crippen LogP contribution in [0, 0.1) is 5.92 Å².